The van der Waals surface area contributed by atoms with Crippen LogP contribution in [0.15, 0.2) is 54.4 Å². The highest BCUT2D eigenvalue weighted by Crippen LogP contribution is 2.29. The molecule has 0 fully saturated rings. The molecule has 4 rings (SSSR count). The van der Waals surface area contributed by atoms with Gasteiger partial charge >= 0.3 is 6.03 Å². The predicted molar refractivity (Wildman–Crippen MR) is 125 cm³/mol. The minimum absolute atomic E-state index is 0.0710. The first-order chi connectivity index (χ1) is 16.1. The third kappa shape index (κ3) is 4.47. The number of halogens is 1. The van der Waals surface area contributed by atoms with Crippen molar-refractivity contribution in [2.75, 3.05) is 26.5 Å². The number of nitrogens with one attached hydrogen (secondary N) is 2. The van der Waals surface area contributed by atoms with Crippen LogP contribution in [0.1, 0.15) is 17.2 Å². The molecule has 0 unspecified atom stereocenters. The normalized spacial score (nSPS) is 15.7. The van der Waals surface area contributed by atoms with Crippen LogP contribution in [-0.4, -0.2) is 58.6 Å². The van der Waals surface area contributed by atoms with Crippen molar-refractivity contribution in [1.82, 2.24) is 24.9 Å². The Morgan fingerprint density at radius 3 is 2.59 bits per heavy atom. The number of carbonyl (C=O) groups excluding carboxylic acids is 3. The molecule has 10 heteroatoms. The van der Waals surface area contributed by atoms with Gasteiger partial charge in [-0.3, -0.25) is 14.3 Å². The van der Waals surface area contributed by atoms with Gasteiger partial charge in [-0.1, -0.05) is 12.1 Å². The molecule has 3 aromatic rings. The highest BCUT2D eigenvalue weighted by molar-refractivity contribution is 6.07. The monoisotopic (exact) mass is 464 g/mol. The molecule has 1 atom stereocenters. The highest BCUT2D eigenvalue weighted by Gasteiger charge is 2.30. The van der Waals surface area contributed by atoms with Gasteiger partial charge in [0, 0.05) is 38.4 Å². The Labute approximate surface area is 195 Å². The summed E-state index contributed by atoms with van der Waals surface area (Å²) in [5.74, 6) is -0.935. The van der Waals surface area contributed by atoms with Crippen molar-refractivity contribution in [1.29, 1.82) is 0 Å². The molecule has 1 aliphatic rings. The number of aryl methyl sites for hydroxylation is 1. The van der Waals surface area contributed by atoms with Gasteiger partial charge < -0.3 is 20.4 Å². The molecule has 0 bridgehead atoms. The van der Waals surface area contributed by atoms with Crippen LogP contribution < -0.4 is 10.6 Å². The summed E-state index contributed by atoms with van der Waals surface area (Å²) in [6.07, 6.45) is 3.14. The van der Waals surface area contributed by atoms with Crippen LogP contribution in [0, 0.1) is 12.7 Å². The fourth-order valence-electron chi connectivity index (χ4n) is 3.72. The van der Waals surface area contributed by atoms with Gasteiger partial charge in [-0.25, -0.2) is 9.18 Å². The van der Waals surface area contributed by atoms with Gasteiger partial charge in [0.2, 0.25) is 5.91 Å². The van der Waals surface area contributed by atoms with Crippen molar-refractivity contribution in [3.05, 3.63) is 71.3 Å². The van der Waals surface area contributed by atoms with Crippen LogP contribution >= 0.6 is 0 Å². The first-order valence-corrected chi connectivity index (χ1v) is 10.6. The lowest BCUT2D eigenvalue weighted by Gasteiger charge is -2.30. The molecule has 9 nitrogen and oxygen atoms in total. The number of fused-ring (bicyclic) bond motifs is 1. The van der Waals surface area contributed by atoms with Crippen LogP contribution in [0.2, 0.25) is 0 Å². The molecule has 0 saturated carbocycles. The van der Waals surface area contributed by atoms with Crippen molar-refractivity contribution >= 4 is 34.4 Å². The van der Waals surface area contributed by atoms with Crippen molar-refractivity contribution in [2.24, 2.45) is 0 Å². The van der Waals surface area contributed by atoms with E-state index in [0.29, 0.717) is 22.3 Å². The van der Waals surface area contributed by atoms with E-state index in [1.165, 1.54) is 40.3 Å². The minimum atomic E-state index is -0.739. The van der Waals surface area contributed by atoms with Crippen LogP contribution in [0.5, 0.6) is 0 Å². The number of anilines is 1. The smallest absolute Gasteiger partial charge is 0.321 e. The number of hydrogen-bond donors (Lipinski definition) is 2. The summed E-state index contributed by atoms with van der Waals surface area (Å²) in [7, 11) is 4.89. The van der Waals surface area contributed by atoms with E-state index in [1.807, 2.05) is 13.0 Å². The number of benzene rings is 2. The van der Waals surface area contributed by atoms with E-state index in [9.17, 15) is 18.8 Å². The predicted octanol–water partition coefficient (Wildman–Crippen LogP) is 2.79. The third-order valence-electron chi connectivity index (χ3n) is 5.72. The SMILES string of the molecule is Cc1cc2cnn(CC(=O)N(C)C)c2cc1NC(=O)C1=CN(C)C(=O)N[C@H]1c1ccc(F)cc1. The van der Waals surface area contributed by atoms with E-state index < -0.39 is 17.8 Å². The minimum Gasteiger partial charge on any atom is -0.347 e. The van der Waals surface area contributed by atoms with Gasteiger partial charge in [0.1, 0.15) is 12.4 Å². The van der Waals surface area contributed by atoms with Gasteiger partial charge in [-0.15, -0.1) is 0 Å². The zero-order chi connectivity index (χ0) is 24.6. The van der Waals surface area contributed by atoms with Gasteiger partial charge in [0.05, 0.1) is 23.3 Å². The van der Waals surface area contributed by atoms with Crippen molar-refractivity contribution in [3.8, 4) is 0 Å². The van der Waals surface area contributed by atoms with Crippen molar-refractivity contribution in [3.63, 3.8) is 0 Å². The summed E-state index contributed by atoms with van der Waals surface area (Å²) in [4.78, 5) is 40.5. The largest absolute Gasteiger partial charge is 0.347 e. The lowest BCUT2D eigenvalue weighted by molar-refractivity contribution is -0.129. The molecule has 176 valence electrons. The molecular weight excluding hydrogens is 439 g/mol. The summed E-state index contributed by atoms with van der Waals surface area (Å²) in [5.41, 5.74) is 2.94. The molecule has 0 radical (unpaired) electrons. The summed E-state index contributed by atoms with van der Waals surface area (Å²) >= 11 is 0. The van der Waals surface area contributed by atoms with Crippen molar-refractivity contribution < 1.29 is 18.8 Å². The maximum atomic E-state index is 13.4. The van der Waals surface area contributed by atoms with E-state index in [1.54, 1.807) is 38.1 Å². The van der Waals surface area contributed by atoms with E-state index in [-0.39, 0.29) is 18.5 Å². The summed E-state index contributed by atoms with van der Waals surface area (Å²) in [6, 6.07) is 8.17. The van der Waals surface area contributed by atoms with E-state index >= 15 is 0 Å². The van der Waals surface area contributed by atoms with Crippen LogP contribution in [-0.2, 0) is 16.1 Å². The second-order valence-electron chi connectivity index (χ2n) is 8.40. The van der Waals surface area contributed by atoms with E-state index in [4.69, 9.17) is 0 Å². The van der Waals surface area contributed by atoms with E-state index in [0.717, 1.165) is 10.9 Å². The number of rotatable bonds is 5. The first kappa shape index (κ1) is 23.0. The number of likely N-dealkylation sites (N-methyl/N-ethyl adjacent to an activating group) is 1. The van der Waals surface area contributed by atoms with Gasteiger partial charge in [0.15, 0.2) is 0 Å². The first-order valence-electron chi connectivity index (χ1n) is 10.6. The van der Waals surface area contributed by atoms with Crippen molar-refractivity contribution in [2.45, 2.75) is 19.5 Å². The Morgan fingerprint density at radius 2 is 1.91 bits per heavy atom. The molecule has 4 amide bonds. The second-order valence-corrected chi connectivity index (χ2v) is 8.40. The molecule has 34 heavy (non-hydrogen) atoms. The summed E-state index contributed by atoms with van der Waals surface area (Å²) < 4.78 is 15.0. The Kier molecular flexibility index (Phi) is 6.06. The quantitative estimate of drug-likeness (QED) is 0.607. The standard InChI is InChI=1S/C24H25FN6O3/c1-14-9-16-11-26-31(13-21(32)29(2)3)20(16)10-19(14)27-23(33)18-12-30(4)24(34)28-22(18)15-5-7-17(25)8-6-15/h5-12,22H,13H2,1-4H3,(H,27,33)(H,28,34)/t22-/m0/s1. The topological polar surface area (TPSA) is 99.6 Å². The fourth-order valence-corrected chi connectivity index (χ4v) is 3.72. The highest BCUT2D eigenvalue weighted by atomic mass is 19.1. The average Bonchev–Trinajstić information content (AvgIpc) is 3.17. The van der Waals surface area contributed by atoms with Gasteiger partial charge in [-0.05, 0) is 42.3 Å². The van der Waals surface area contributed by atoms with Crippen LogP contribution in [0.25, 0.3) is 10.9 Å². The zero-order valence-electron chi connectivity index (χ0n) is 19.3. The Balaban J connectivity index is 1.66. The molecule has 2 heterocycles. The van der Waals surface area contributed by atoms with Crippen LogP contribution in [0.4, 0.5) is 14.9 Å². The Bertz CT molecular complexity index is 1310. The average molecular weight is 465 g/mol. The van der Waals surface area contributed by atoms with Gasteiger partial charge in [-0.2, -0.15) is 5.10 Å². The second kappa shape index (κ2) is 8.97. The molecular formula is C24H25FN6O3. The molecule has 0 aliphatic carbocycles. The van der Waals surface area contributed by atoms with E-state index in [2.05, 4.69) is 15.7 Å². The number of aromatic nitrogens is 2. The molecule has 0 spiro atoms. The number of hydrogen-bond acceptors (Lipinski definition) is 4. The van der Waals surface area contributed by atoms with Gasteiger partial charge in [0.25, 0.3) is 5.91 Å². The number of amides is 4. The third-order valence-corrected chi connectivity index (χ3v) is 5.72. The maximum Gasteiger partial charge on any atom is 0.321 e. The number of urea groups is 1. The molecule has 1 aliphatic heterocycles. The molecule has 1 aromatic heterocycles. The van der Waals surface area contributed by atoms with Crippen LogP contribution in [0.3, 0.4) is 0 Å². The molecule has 2 aromatic carbocycles. The fraction of sp³-hybridized carbons (Fsp3) is 0.250. The lowest BCUT2D eigenvalue weighted by Crippen LogP contribution is -2.44. The summed E-state index contributed by atoms with van der Waals surface area (Å²) in [6.45, 7) is 1.93. The Morgan fingerprint density at radius 1 is 1.21 bits per heavy atom. The zero-order valence-corrected chi connectivity index (χ0v) is 19.3. The lowest BCUT2D eigenvalue weighted by atomic mass is 9.97. The number of carbonyl (C=O) groups is 3. The molecule has 2 N–H and O–H groups in total. The summed E-state index contributed by atoms with van der Waals surface area (Å²) in [5, 5.41) is 10.8. The number of nitrogens with zero attached hydrogens (tertiary/aromatic N) is 4. The maximum absolute atomic E-state index is 13.4. The molecule has 0 saturated heterocycles. The Hall–Kier alpha value is -4.21.